The molecule has 0 bridgehead atoms. The molecule has 0 unspecified atom stereocenters. The summed E-state index contributed by atoms with van der Waals surface area (Å²) < 4.78 is 10.6. The number of nitrogens with two attached hydrogens (primary N) is 1. The van der Waals surface area contributed by atoms with E-state index in [4.69, 9.17) is 15.2 Å². The molecule has 2 rings (SSSR count). The molecule has 1 heterocycles. The zero-order valence-electron chi connectivity index (χ0n) is 13.3. The maximum atomic E-state index is 12.4. The van der Waals surface area contributed by atoms with E-state index in [9.17, 15) is 9.59 Å². The first kappa shape index (κ1) is 16.1. The number of ether oxygens (including phenoxy) is 2. The summed E-state index contributed by atoms with van der Waals surface area (Å²) in [5.41, 5.74) is 5.53. The van der Waals surface area contributed by atoms with E-state index in [1.807, 2.05) is 20.8 Å². The third-order valence-electron chi connectivity index (χ3n) is 4.24. The molecule has 4 atom stereocenters. The molecular formula is C15H26N2O4. The summed E-state index contributed by atoms with van der Waals surface area (Å²) in [7, 11) is 0. The van der Waals surface area contributed by atoms with Gasteiger partial charge in [-0.15, -0.1) is 0 Å². The summed E-state index contributed by atoms with van der Waals surface area (Å²) in [5.74, 6) is -0.0940. The standard InChI is InChI=1S/C15H26N2O4/c1-5-20-13(18)12-9-6-7-11(16)10(9)8-17(12)14(19)21-15(2,3)4/h9-12H,5-8,16H2,1-4H3/t9-,10-,11-,12-/m0/s1. The second kappa shape index (κ2) is 5.83. The molecule has 1 saturated heterocycles. The van der Waals surface area contributed by atoms with E-state index in [1.54, 1.807) is 6.92 Å². The van der Waals surface area contributed by atoms with Crippen molar-refractivity contribution in [2.75, 3.05) is 13.2 Å². The van der Waals surface area contributed by atoms with Crippen molar-refractivity contribution in [1.29, 1.82) is 0 Å². The van der Waals surface area contributed by atoms with Gasteiger partial charge < -0.3 is 15.2 Å². The van der Waals surface area contributed by atoms with Gasteiger partial charge in [-0.25, -0.2) is 9.59 Å². The molecule has 0 aromatic rings. The fraction of sp³-hybridized carbons (Fsp3) is 0.867. The lowest BCUT2D eigenvalue weighted by Crippen LogP contribution is -2.46. The highest BCUT2D eigenvalue weighted by molar-refractivity contribution is 5.83. The summed E-state index contributed by atoms with van der Waals surface area (Å²) >= 11 is 0. The molecule has 1 saturated carbocycles. The van der Waals surface area contributed by atoms with Crippen molar-refractivity contribution in [3.8, 4) is 0 Å². The van der Waals surface area contributed by atoms with Gasteiger partial charge in [0.1, 0.15) is 11.6 Å². The topological polar surface area (TPSA) is 81.9 Å². The molecular weight excluding hydrogens is 272 g/mol. The number of likely N-dealkylation sites (tertiary alicyclic amines) is 1. The molecule has 0 spiro atoms. The molecule has 0 radical (unpaired) electrons. The van der Waals surface area contributed by atoms with Crippen LogP contribution in [0.1, 0.15) is 40.5 Å². The highest BCUT2D eigenvalue weighted by Gasteiger charge is 2.53. The third kappa shape index (κ3) is 3.31. The number of hydrogen-bond acceptors (Lipinski definition) is 5. The number of fused-ring (bicyclic) bond motifs is 1. The second-order valence-corrected chi connectivity index (χ2v) is 6.90. The van der Waals surface area contributed by atoms with E-state index < -0.39 is 17.7 Å². The van der Waals surface area contributed by atoms with E-state index in [0.717, 1.165) is 12.8 Å². The Kier molecular flexibility index (Phi) is 4.46. The van der Waals surface area contributed by atoms with Crippen LogP contribution in [-0.4, -0.2) is 47.8 Å². The highest BCUT2D eigenvalue weighted by Crippen LogP contribution is 2.42. The summed E-state index contributed by atoms with van der Waals surface area (Å²) in [4.78, 5) is 26.1. The lowest BCUT2D eigenvalue weighted by molar-refractivity contribution is -0.149. The molecule has 2 fully saturated rings. The van der Waals surface area contributed by atoms with Crippen molar-refractivity contribution in [2.24, 2.45) is 17.6 Å². The SMILES string of the molecule is CCOC(=O)[C@@H]1[C@H]2CC[C@H](N)[C@H]2CN1C(=O)OC(C)(C)C. The molecule has 2 aliphatic rings. The van der Waals surface area contributed by atoms with Crippen LogP contribution in [0.4, 0.5) is 4.79 Å². The lowest BCUT2D eigenvalue weighted by atomic mass is 9.93. The number of rotatable bonds is 2. The number of hydrogen-bond donors (Lipinski definition) is 1. The number of nitrogens with zero attached hydrogens (tertiary/aromatic N) is 1. The van der Waals surface area contributed by atoms with Gasteiger partial charge >= 0.3 is 12.1 Å². The van der Waals surface area contributed by atoms with Crippen LogP contribution in [0.25, 0.3) is 0 Å². The van der Waals surface area contributed by atoms with Gasteiger partial charge in [-0.2, -0.15) is 0 Å². The van der Waals surface area contributed by atoms with Crippen molar-refractivity contribution in [3.05, 3.63) is 0 Å². The number of carbonyl (C=O) groups excluding carboxylic acids is 2. The normalized spacial score (nSPS) is 32.0. The maximum Gasteiger partial charge on any atom is 0.411 e. The van der Waals surface area contributed by atoms with Crippen LogP contribution < -0.4 is 5.73 Å². The van der Waals surface area contributed by atoms with Crippen LogP contribution in [0.15, 0.2) is 0 Å². The minimum Gasteiger partial charge on any atom is -0.464 e. The average Bonchev–Trinajstić information content (AvgIpc) is 2.88. The second-order valence-electron chi connectivity index (χ2n) is 6.90. The van der Waals surface area contributed by atoms with Crippen molar-refractivity contribution >= 4 is 12.1 Å². The van der Waals surface area contributed by atoms with Crippen LogP contribution >= 0.6 is 0 Å². The molecule has 21 heavy (non-hydrogen) atoms. The van der Waals surface area contributed by atoms with E-state index in [0.29, 0.717) is 13.2 Å². The molecule has 1 aliphatic heterocycles. The number of carbonyl (C=O) groups is 2. The summed E-state index contributed by atoms with van der Waals surface area (Å²) in [6.45, 7) is 7.99. The smallest absolute Gasteiger partial charge is 0.411 e. The molecule has 2 N–H and O–H groups in total. The van der Waals surface area contributed by atoms with Crippen LogP contribution in [0.2, 0.25) is 0 Å². The molecule has 6 nitrogen and oxygen atoms in total. The Labute approximate surface area is 125 Å². The van der Waals surface area contributed by atoms with E-state index in [-0.39, 0.29) is 23.8 Å². The lowest BCUT2D eigenvalue weighted by Gasteiger charge is -2.29. The zero-order valence-corrected chi connectivity index (χ0v) is 13.3. The predicted octanol–water partition coefficient (Wildman–Crippen LogP) is 1.52. The van der Waals surface area contributed by atoms with Crippen molar-refractivity contribution in [2.45, 2.75) is 58.2 Å². The monoisotopic (exact) mass is 298 g/mol. The Morgan fingerprint density at radius 1 is 1.24 bits per heavy atom. The van der Waals surface area contributed by atoms with Crippen molar-refractivity contribution < 1.29 is 19.1 Å². The molecule has 1 amide bonds. The third-order valence-corrected chi connectivity index (χ3v) is 4.24. The summed E-state index contributed by atoms with van der Waals surface area (Å²) in [5, 5.41) is 0. The molecule has 0 aromatic carbocycles. The van der Waals surface area contributed by atoms with Gasteiger partial charge in [0.2, 0.25) is 0 Å². The van der Waals surface area contributed by atoms with Gasteiger partial charge in [0.25, 0.3) is 0 Å². The minimum atomic E-state index is -0.587. The van der Waals surface area contributed by atoms with E-state index >= 15 is 0 Å². The first-order valence-corrected chi connectivity index (χ1v) is 7.66. The van der Waals surface area contributed by atoms with Gasteiger partial charge in [0, 0.05) is 12.6 Å². The van der Waals surface area contributed by atoms with Crippen molar-refractivity contribution in [1.82, 2.24) is 4.90 Å². The first-order valence-electron chi connectivity index (χ1n) is 7.66. The van der Waals surface area contributed by atoms with Gasteiger partial charge in [-0.1, -0.05) is 0 Å². The minimum absolute atomic E-state index is 0.0411. The number of esters is 1. The van der Waals surface area contributed by atoms with Crippen LogP contribution in [0.3, 0.4) is 0 Å². The Bertz CT molecular complexity index is 418. The first-order chi connectivity index (χ1) is 9.74. The molecule has 1 aliphatic carbocycles. The Balaban J connectivity index is 2.18. The largest absolute Gasteiger partial charge is 0.464 e. The van der Waals surface area contributed by atoms with Crippen molar-refractivity contribution in [3.63, 3.8) is 0 Å². The molecule has 6 heteroatoms. The quantitative estimate of drug-likeness (QED) is 0.782. The molecule has 0 aromatic heterocycles. The maximum absolute atomic E-state index is 12.4. The van der Waals surface area contributed by atoms with E-state index in [1.165, 1.54) is 4.90 Å². The summed E-state index contributed by atoms with van der Waals surface area (Å²) in [6, 6.07) is -0.516. The van der Waals surface area contributed by atoms with Crippen LogP contribution in [0, 0.1) is 11.8 Å². The fourth-order valence-corrected chi connectivity index (χ4v) is 3.40. The van der Waals surface area contributed by atoms with Gasteiger partial charge in [-0.3, -0.25) is 4.90 Å². The van der Waals surface area contributed by atoms with Gasteiger partial charge in [-0.05, 0) is 52.4 Å². The molecule has 120 valence electrons. The van der Waals surface area contributed by atoms with E-state index in [2.05, 4.69) is 0 Å². The zero-order chi connectivity index (χ0) is 15.8. The van der Waals surface area contributed by atoms with Gasteiger partial charge in [0.15, 0.2) is 0 Å². The Hall–Kier alpha value is -1.30. The van der Waals surface area contributed by atoms with Gasteiger partial charge in [0.05, 0.1) is 6.61 Å². The average molecular weight is 298 g/mol. The van der Waals surface area contributed by atoms with Crippen LogP contribution in [-0.2, 0) is 14.3 Å². The van der Waals surface area contributed by atoms with Crippen LogP contribution in [0.5, 0.6) is 0 Å². The fourth-order valence-electron chi connectivity index (χ4n) is 3.40. The predicted molar refractivity (Wildman–Crippen MR) is 77.6 cm³/mol. The highest BCUT2D eigenvalue weighted by atomic mass is 16.6. The Morgan fingerprint density at radius 2 is 1.90 bits per heavy atom. The summed E-state index contributed by atoms with van der Waals surface area (Å²) in [6.07, 6.45) is 1.30. The number of amides is 1. The Morgan fingerprint density at radius 3 is 2.48 bits per heavy atom.